The Morgan fingerprint density at radius 1 is 1.48 bits per heavy atom. The van der Waals surface area contributed by atoms with Gasteiger partial charge < -0.3 is 14.6 Å². The summed E-state index contributed by atoms with van der Waals surface area (Å²) in [4.78, 5) is 20.1. The predicted octanol–water partition coefficient (Wildman–Crippen LogP) is 3.37. The molecule has 1 aromatic heterocycles. The molecule has 0 aliphatic carbocycles. The Morgan fingerprint density at radius 2 is 2.16 bits per heavy atom. The number of hydrogen-bond acceptors (Lipinski definition) is 6. The summed E-state index contributed by atoms with van der Waals surface area (Å²) in [6, 6.07) is -0.312. The molecule has 0 saturated carbocycles. The van der Waals surface area contributed by atoms with Gasteiger partial charge in [0.15, 0.2) is 0 Å². The molecular weight excluding hydrogens is 340 g/mol. The molecule has 142 valence electrons. The van der Waals surface area contributed by atoms with Crippen LogP contribution in [0.2, 0.25) is 0 Å². The number of aliphatic hydroxyl groups excluding tert-OH is 1. The third-order valence-electron chi connectivity index (χ3n) is 4.16. The van der Waals surface area contributed by atoms with Crippen LogP contribution in [-0.4, -0.2) is 51.2 Å². The average molecular weight is 371 g/mol. The number of rotatable bonds is 5. The molecule has 1 fully saturated rings. The topological polar surface area (TPSA) is 71.9 Å². The molecule has 2 rings (SSSR count). The van der Waals surface area contributed by atoms with Crippen molar-refractivity contribution in [2.24, 2.45) is 0 Å². The lowest BCUT2D eigenvalue weighted by molar-refractivity contribution is -0.0866. The first-order chi connectivity index (χ1) is 11.6. The number of thiazole rings is 1. The molecule has 7 heteroatoms. The number of aromatic nitrogens is 1. The van der Waals surface area contributed by atoms with Gasteiger partial charge >= 0.3 is 6.09 Å². The minimum absolute atomic E-state index is 0.152. The minimum Gasteiger partial charge on any atom is -0.444 e. The summed E-state index contributed by atoms with van der Waals surface area (Å²) in [5.74, 6) is 0. The van der Waals surface area contributed by atoms with Gasteiger partial charge in [0.1, 0.15) is 17.4 Å². The SMILES string of the molecule is CCCc1scnc1C[C@H]1[C@@H](CO)OC(C)(C)N1C(=O)OC(C)(C)C. The van der Waals surface area contributed by atoms with Crippen LogP contribution in [0, 0.1) is 0 Å². The fourth-order valence-corrected chi connectivity index (χ4v) is 4.11. The number of carbonyl (C=O) groups excluding carboxylic acids is 1. The van der Waals surface area contributed by atoms with Gasteiger partial charge in [-0.2, -0.15) is 0 Å². The second-order valence-electron chi connectivity index (χ2n) is 7.88. The summed E-state index contributed by atoms with van der Waals surface area (Å²) in [5.41, 5.74) is 1.38. The molecule has 6 nitrogen and oxygen atoms in total. The summed E-state index contributed by atoms with van der Waals surface area (Å²) in [7, 11) is 0. The lowest BCUT2D eigenvalue weighted by Gasteiger charge is -2.35. The lowest BCUT2D eigenvalue weighted by atomic mass is 10.0. The molecule has 1 N–H and O–H groups in total. The van der Waals surface area contributed by atoms with E-state index >= 15 is 0 Å². The van der Waals surface area contributed by atoms with Crippen molar-refractivity contribution >= 4 is 17.4 Å². The number of carbonyl (C=O) groups is 1. The van der Waals surface area contributed by atoms with Gasteiger partial charge in [0.25, 0.3) is 0 Å². The predicted molar refractivity (Wildman–Crippen MR) is 97.7 cm³/mol. The highest BCUT2D eigenvalue weighted by molar-refractivity contribution is 7.09. The van der Waals surface area contributed by atoms with E-state index in [1.54, 1.807) is 16.2 Å². The highest BCUT2D eigenvalue weighted by Crippen LogP contribution is 2.35. The molecule has 25 heavy (non-hydrogen) atoms. The van der Waals surface area contributed by atoms with Gasteiger partial charge in [-0.25, -0.2) is 9.78 Å². The van der Waals surface area contributed by atoms with E-state index in [9.17, 15) is 9.90 Å². The Balaban J connectivity index is 2.29. The van der Waals surface area contributed by atoms with Crippen LogP contribution in [0.3, 0.4) is 0 Å². The number of aliphatic hydroxyl groups is 1. The van der Waals surface area contributed by atoms with Crippen LogP contribution in [0.5, 0.6) is 0 Å². The van der Waals surface area contributed by atoms with E-state index in [2.05, 4.69) is 11.9 Å². The first kappa shape index (κ1) is 20.1. The Hall–Kier alpha value is -1.18. The van der Waals surface area contributed by atoms with Crippen molar-refractivity contribution in [3.05, 3.63) is 16.1 Å². The molecule has 0 bridgehead atoms. The van der Waals surface area contributed by atoms with Crippen LogP contribution in [0.4, 0.5) is 4.79 Å². The van der Waals surface area contributed by atoms with Gasteiger partial charge in [0.05, 0.1) is 23.9 Å². The van der Waals surface area contributed by atoms with Crippen molar-refractivity contribution in [1.82, 2.24) is 9.88 Å². The van der Waals surface area contributed by atoms with Crippen molar-refractivity contribution in [3.63, 3.8) is 0 Å². The van der Waals surface area contributed by atoms with Crippen LogP contribution < -0.4 is 0 Å². The standard InChI is InChI=1S/C18H30N2O4S/c1-7-8-15-12(19-11-25-15)9-13-14(10-21)23-18(5,6)20(13)16(22)24-17(2,3)4/h11,13-14,21H,7-10H2,1-6H3/t13-,14+/m0/s1. The van der Waals surface area contributed by atoms with E-state index in [0.29, 0.717) is 6.42 Å². The van der Waals surface area contributed by atoms with Gasteiger partial charge in [-0.3, -0.25) is 4.90 Å². The Labute approximate surface area is 154 Å². The Morgan fingerprint density at radius 3 is 2.72 bits per heavy atom. The van der Waals surface area contributed by atoms with Crippen LogP contribution in [0.25, 0.3) is 0 Å². The molecular formula is C18H30N2O4S. The highest BCUT2D eigenvalue weighted by atomic mass is 32.1. The zero-order chi connectivity index (χ0) is 18.8. The smallest absolute Gasteiger partial charge is 0.412 e. The van der Waals surface area contributed by atoms with Crippen molar-refractivity contribution in [1.29, 1.82) is 0 Å². The number of ether oxygens (including phenoxy) is 2. The molecule has 0 unspecified atom stereocenters. The minimum atomic E-state index is -0.846. The lowest BCUT2D eigenvalue weighted by Crippen LogP contribution is -2.51. The summed E-state index contributed by atoms with van der Waals surface area (Å²) >= 11 is 1.64. The van der Waals surface area contributed by atoms with Gasteiger partial charge in [0, 0.05) is 11.3 Å². The van der Waals surface area contributed by atoms with E-state index < -0.39 is 23.5 Å². The fraction of sp³-hybridized carbons (Fsp3) is 0.778. The molecule has 1 aliphatic heterocycles. The van der Waals surface area contributed by atoms with Gasteiger partial charge in [-0.15, -0.1) is 11.3 Å². The molecule has 2 atom stereocenters. The molecule has 1 aliphatic rings. The highest BCUT2D eigenvalue weighted by Gasteiger charge is 2.51. The third kappa shape index (κ3) is 4.71. The number of amides is 1. The van der Waals surface area contributed by atoms with Gasteiger partial charge in [-0.05, 0) is 41.0 Å². The quantitative estimate of drug-likeness (QED) is 0.860. The van der Waals surface area contributed by atoms with Gasteiger partial charge in [0.2, 0.25) is 0 Å². The monoisotopic (exact) mass is 370 g/mol. The zero-order valence-electron chi connectivity index (χ0n) is 16.0. The second kappa shape index (κ2) is 7.60. The number of hydrogen-bond donors (Lipinski definition) is 1. The maximum Gasteiger partial charge on any atom is 0.412 e. The summed E-state index contributed by atoms with van der Waals surface area (Å²) in [5, 5.41) is 9.78. The number of aryl methyl sites for hydroxylation is 1. The van der Waals surface area contributed by atoms with Crippen molar-refractivity contribution in [2.75, 3.05) is 6.61 Å². The zero-order valence-corrected chi connectivity index (χ0v) is 16.9. The largest absolute Gasteiger partial charge is 0.444 e. The van der Waals surface area contributed by atoms with E-state index in [-0.39, 0.29) is 12.6 Å². The third-order valence-corrected chi connectivity index (χ3v) is 5.09. The summed E-state index contributed by atoms with van der Waals surface area (Å²) in [6.07, 6.45) is 1.67. The fourth-order valence-electron chi connectivity index (χ4n) is 3.21. The van der Waals surface area contributed by atoms with Crippen LogP contribution in [0.15, 0.2) is 5.51 Å². The van der Waals surface area contributed by atoms with Crippen molar-refractivity contribution < 1.29 is 19.4 Å². The van der Waals surface area contributed by atoms with E-state index in [1.807, 2.05) is 40.1 Å². The van der Waals surface area contributed by atoms with E-state index in [1.165, 1.54) is 4.88 Å². The maximum absolute atomic E-state index is 12.8. The molecule has 0 aromatic carbocycles. The maximum atomic E-state index is 12.8. The van der Waals surface area contributed by atoms with Crippen LogP contribution in [-0.2, 0) is 22.3 Å². The Bertz CT molecular complexity index is 594. The molecule has 2 heterocycles. The molecule has 1 amide bonds. The van der Waals surface area contributed by atoms with Crippen LogP contribution in [0.1, 0.15) is 58.5 Å². The number of nitrogens with zero attached hydrogens (tertiary/aromatic N) is 2. The Kier molecular flexibility index (Phi) is 6.12. The first-order valence-corrected chi connectivity index (χ1v) is 9.69. The average Bonchev–Trinajstić information content (AvgIpc) is 2.99. The van der Waals surface area contributed by atoms with E-state index in [0.717, 1.165) is 18.5 Å². The molecule has 0 radical (unpaired) electrons. The summed E-state index contributed by atoms with van der Waals surface area (Å²) in [6.45, 7) is 11.2. The van der Waals surface area contributed by atoms with Gasteiger partial charge in [-0.1, -0.05) is 13.3 Å². The van der Waals surface area contributed by atoms with E-state index in [4.69, 9.17) is 9.47 Å². The molecule has 0 spiro atoms. The van der Waals surface area contributed by atoms with Crippen LogP contribution >= 0.6 is 11.3 Å². The molecule has 1 saturated heterocycles. The summed E-state index contributed by atoms with van der Waals surface area (Å²) < 4.78 is 11.5. The normalized spacial score (nSPS) is 23.1. The molecule has 1 aromatic rings. The van der Waals surface area contributed by atoms with Crippen molar-refractivity contribution in [3.8, 4) is 0 Å². The second-order valence-corrected chi connectivity index (χ2v) is 8.82. The first-order valence-electron chi connectivity index (χ1n) is 8.81. The van der Waals surface area contributed by atoms with Crippen molar-refractivity contribution in [2.45, 2.75) is 84.3 Å².